The predicted molar refractivity (Wildman–Crippen MR) is 26.5 cm³/mol. The quantitative estimate of drug-likeness (QED) is 0.523. The zero-order valence-electron chi connectivity index (χ0n) is 3.63. The summed E-state index contributed by atoms with van der Waals surface area (Å²) >= 11 is 0.972. The Hall–Kier alpha value is -0.121. The number of rotatable bonds is 0. The van der Waals surface area contributed by atoms with Crippen molar-refractivity contribution in [3.63, 3.8) is 0 Å². The number of hydrogen-bond donors (Lipinski definition) is 0. The second kappa shape index (κ2) is 2.25. The van der Waals surface area contributed by atoms with Crippen LogP contribution in [0.25, 0.3) is 0 Å². The van der Waals surface area contributed by atoms with E-state index in [9.17, 15) is 0 Å². The summed E-state index contributed by atoms with van der Waals surface area (Å²) in [4.78, 5) is 0. The molecule has 0 aromatic carbocycles. The van der Waals surface area contributed by atoms with Crippen LogP contribution in [-0.4, -0.2) is 22.5 Å². The summed E-state index contributed by atoms with van der Waals surface area (Å²) in [5.74, 6) is 0. The first kappa shape index (κ1) is 5.02. The van der Waals surface area contributed by atoms with Gasteiger partial charge in [0, 0.05) is 0 Å². The molecule has 0 amide bonds. The molecular weight excluding hydrogens is 199 g/mol. The first-order valence-electron chi connectivity index (χ1n) is 1.82. The van der Waals surface area contributed by atoms with Crippen molar-refractivity contribution >= 4 is 22.5 Å². The van der Waals surface area contributed by atoms with Crippen molar-refractivity contribution in [1.82, 2.24) is 0 Å². The summed E-state index contributed by atoms with van der Waals surface area (Å²) in [5.41, 5.74) is 0. The van der Waals surface area contributed by atoms with E-state index in [1.54, 1.807) is 6.26 Å². The van der Waals surface area contributed by atoms with E-state index < -0.39 is 0 Å². The van der Waals surface area contributed by atoms with Crippen LogP contribution < -0.4 is 0 Å². The third-order valence-corrected chi connectivity index (χ3v) is 1.30. The molecule has 0 N–H and O–H groups in total. The Labute approximate surface area is 54.9 Å². The van der Waals surface area contributed by atoms with E-state index >= 15 is 0 Å². The van der Waals surface area contributed by atoms with E-state index in [-0.39, 0.29) is 0 Å². The molecule has 1 aliphatic rings. The Morgan fingerprint density at radius 3 is 2.57 bits per heavy atom. The standard InChI is InChI=1S/C4H3O2.Sn.H/c1-2-6-4-3-5-1;;/h1-3H;;. The van der Waals surface area contributed by atoms with Crippen molar-refractivity contribution in [2.24, 2.45) is 0 Å². The fourth-order valence-corrected chi connectivity index (χ4v) is 0.721. The summed E-state index contributed by atoms with van der Waals surface area (Å²) in [6.07, 6.45) is 4.63. The summed E-state index contributed by atoms with van der Waals surface area (Å²) in [5, 5.41) is 0. The molecule has 0 aromatic heterocycles. The van der Waals surface area contributed by atoms with E-state index in [1.165, 1.54) is 12.5 Å². The molecule has 0 unspecified atom stereocenters. The van der Waals surface area contributed by atoms with Crippen LogP contribution in [-0.2, 0) is 9.47 Å². The van der Waals surface area contributed by atoms with Crippen LogP contribution in [0.1, 0.15) is 0 Å². The van der Waals surface area contributed by atoms with Gasteiger partial charge in [-0.05, 0) is 0 Å². The van der Waals surface area contributed by atoms with Crippen LogP contribution in [0.5, 0.6) is 0 Å². The molecule has 0 aromatic rings. The molecule has 2 radical (unpaired) electrons. The first-order chi connectivity index (χ1) is 3.39. The Morgan fingerprint density at radius 1 is 1.43 bits per heavy atom. The van der Waals surface area contributed by atoms with Crippen molar-refractivity contribution in [3.05, 3.63) is 22.6 Å². The molecule has 36 valence electrons. The summed E-state index contributed by atoms with van der Waals surface area (Å²) in [7, 11) is 0. The van der Waals surface area contributed by atoms with Gasteiger partial charge in [-0.2, -0.15) is 0 Å². The SMILES string of the molecule is [SnH][C]1=COC=CO1. The molecule has 0 saturated heterocycles. The first-order valence-corrected chi connectivity index (χ1v) is 3.47. The molecular formula is C4H4O2Sn. The average Bonchev–Trinajstić information content (AvgIpc) is 1.69. The predicted octanol–water partition coefficient (Wildman–Crippen LogP) is 0.204. The second-order valence-electron chi connectivity index (χ2n) is 1.05. The fourth-order valence-electron chi connectivity index (χ4n) is 0.273. The van der Waals surface area contributed by atoms with Crippen LogP contribution in [0.2, 0.25) is 0 Å². The molecule has 0 aliphatic carbocycles. The molecule has 0 bridgehead atoms. The number of hydrogen-bond acceptors (Lipinski definition) is 2. The van der Waals surface area contributed by atoms with Crippen molar-refractivity contribution in [1.29, 1.82) is 0 Å². The van der Waals surface area contributed by atoms with Gasteiger partial charge >= 0.3 is 54.6 Å². The van der Waals surface area contributed by atoms with Crippen LogP contribution in [0.4, 0.5) is 0 Å². The maximum absolute atomic E-state index is 4.89. The Balaban J connectivity index is 2.50. The van der Waals surface area contributed by atoms with Gasteiger partial charge < -0.3 is 0 Å². The van der Waals surface area contributed by atoms with Gasteiger partial charge in [0.25, 0.3) is 0 Å². The molecule has 3 heteroatoms. The van der Waals surface area contributed by atoms with E-state index in [1.807, 2.05) is 0 Å². The normalized spacial score (nSPS) is 17.0. The molecule has 0 fully saturated rings. The fraction of sp³-hybridized carbons (Fsp3) is 0. The van der Waals surface area contributed by atoms with Crippen LogP contribution in [0, 0.1) is 0 Å². The monoisotopic (exact) mass is 204 g/mol. The van der Waals surface area contributed by atoms with Crippen LogP contribution >= 0.6 is 0 Å². The van der Waals surface area contributed by atoms with E-state index in [0.29, 0.717) is 0 Å². The molecule has 0 spiro atoms. The van der Waals surface area contributed by atoms with Crippen molar-refractivity contribution in [2.45, 2.75) is 0 Å². The van der Waals surface area contributed by atoms with Gasteiger partial charge in [-0.1, -0.05) is 0 Å². The van der Waals surface area contributed by atoms with E-state index in [0.717, 1.165) is 26.3 Å². The Kier molecular flexibility index (Phi) is 1.62. The Morgan fingerprint density at radius 2 is 2.29 bits per heavy atom. The van der Waals surface area contributed by atoms with Gasteiger partial charge in [0.05, 0.1) is 0 Å². The minimum atomic E-state index is 0.910. The number of ether oxygens (including phenoxy) is 2. The minimum absolute atomic E-state index is 0.910. The zero-order valence-corrected chi connectivity index (χ0v) is 6.92. The van der Waals surface area contributed by atoms with Gasteiger partial charge in [0.15, 0.2) is 0 Å². The van der Waals surface area contributed by atoms with Crippen molar-refractivity contribution < 1.29 is 9.47 Å². The molecule has 1 rings (SSSR count). The summed E-state index contributed by atoms with van der Waals surface area (Å²) < 4.78 is 10.5. The van der Waals surface area contributed by atoms with Crippen molar-refractivity contribution in [2.75, 3.05) is 0 Å². The molecule has 7 heavy (non-hydrogen) atoms. The van der Waals surface area contributed by atoms with Gasteiger partial charge in [0.2, 0.25) is 0 Å². The molecule has 1 heterocycles. The maximum atomic E-state index is 4.89. The molecule has 2 nitrogen and oxygen atoms in total. The molecule has 0 saturated carbocycles. The topological polar surface area (TPSA) is 18.5 Å². The van der Waals surface area contributed by atoms with Crippen LogP contribution in [0.3, 0.4) is 0 Å². The van der Waals surface area contributed by atoms with E-state index in [4.69, 9.17) is 9.47 Å². The van der Waals surface area contributed by atoms with Crippen LogP contribution in [0.15, 0.2) is 22.6 Å². The van der Waals surface area contributed by atoms with Crippen molar-refractivity contribution in [3.8, 4) is 0 Å². The Bertz CT molecular complexity index is 117. The van der Waals surface area contributed by atoms with Gasteiger partial charge in [-0.15, -0.1) is 0 Å². The third-order valence-electron chi connectivity index (χ3n) is 0.522. The van der Waals surface area contributed by atoms with Gasteiger partial charge in [-0.25, -0.2) is 0 Å². The van der Waals surface area contributed by atoms with E-state index in [2.05, 4.69) is 0 Å². The molecule has 1 aliphatic heterocycles. The summed E-state index contributed by atoms with van der Waals surface area (Å²) in [6, 6.07) is 0. The third kappa shape index (κ3) is 1.42. The zero-order chi connectivity index (χ0) is 5.11. The average molecular weight is 203 g/mol. The molecule has 0 atom stereocenters. The summed E-state index contributed by atoms with van der Waals surface area (Å²) in [6.45, 7) is 0. The second-order valence-corrected chi connectivity index (χ2v) is 2.67. The van der Waals surface area contributed by atoms with Gasteiger partial charge in [-0.3, -0.25) is 0 Å². The van der Waals surface area contributed by atoms with Gasteiger partial charge in [0.1, 0.15) is 0 Å².